The van der Waals surface area contributed by atoms with Crippen LogP contribution >= 0.6 is 0 Å². The van der Waals surface area contributed by atoms with E-state index in [0.717, 1.165) is 30.7 Å². The van der Waals surface area contributed by atoms with Gasteiger partial charge in [-0.25, -0.2) is 0 Å². The van der Waals surface area contributed by atoms with Crippen molar-refractivity contribution in [3.05, 3.63) is 23.7 Å². The van der Waals surface area contributed by atoms with Crippen LogP contribution in [0.1, 0.15) is 57.3 Å². The van der Waals surface area contributed by atoms with Crippen LogP contribution in [0, 0.1) is 18.8 Å². The lowest BCUT2D eigenvalue weighted by molar-refractivity contribution is 0.0459. The number of rotatable bonds is 6. The number of furan rings is 1. The first-order valence-electron chi connectivity index (χ1n) is 8.41. The van der Waals surface area contributed by atoms with Crippen molar-refractivity contribution in [3.63, 3.8) is 0 Å². The normalized spacial score (nSPS) is 26.7. The van der Waals surface area contributed by atoms with Crippen LogP contribution in [0.25, 0.3) is 0 Å². The van der Waals surface area contributed by atoms with Gasteiger partial charge in [-0.15, -0.1) is 0 Å². The summed E-state index contributed by atoms with van der Waals surface area (Å²) < 4.78 is 5.44. The molecule has 2 atom stereocenters. The SMILES string of the molecule is Cc1occc1CN(C)C1(CN)CCCC(CC(C)C)C1. The number of nitrogens with two attached hydrogens (primary N) is 1. The van der Waals surface area contributed by atoms with Crippen molar-refractivity contribution in [2.45, 2.75) is 65.0 Å². The van der Waals surface area contributed by atoms with Crippen molar-refractivity contribution in [2.24, 2.45) is 17.6 Å². The van der Waals surface area contributed by atoms with Crippen molar-refractivity contribution in [3.8, 4) is 0 Å². The van der Waals surface area contributed by atoms with E-state index in [1.807, 2.05) is 6.92 Å². The molecule has 1 aliphatic carbocycles. The third-order valence-corrected chi connectivity index (χ3v) is 5.29. The van der Waals surface area contributed by atoms with Gasteiger partial charge in [-0.3, -0.25) is 4.90 Å². The zero-order valence-electron chi connectivity index (χ0n) is 14.2. The molecule has 21 heavy (non-hydrogen) atoms. The maximum absolute atomic E-state index is 6.23. The van der Waals surface area contributed by atoms with Gasteiger partial charge in [0, 0.05) is 24.2 Å². The number of aryl methyl sites for hydroxylation is 1. The topological polar surface area (TPSA) is 42.4 Å². The highest BCUT2D eigenvalue weighted by Crippen LogP contribution is 2.39. The Bertz CT molecular complexity index is 440. The first-order chi connectivity index (χ1) is 9.97. The van der Waals surface area contributed by atoms with Crippen LogP contribution in [0.2, 0.25) is 0 Å². The third-order valence-electron chi connectivity index (χ3n) is 5.29. The largest absolute Gasteiger partial charge is 0.469 e. The van der Waals surface area contributed by atoms with Gasteiger partial charge in [-0.05, 0) is 51.1 Å². The Morgan fingerprint density at radius 3 is 2.81 bits per heavy atom. The summed E-state index contributed by atoms with van der Waals surface area (Å²) in [7, 11) is 2.23. The number of hydrogen-bond acceptors (Lipinski definition) is 3. The van der Waals surface area contributed by atoms with Crippen molar-refractivity contribution in [1.82, 2.24) is 4.90 Å². The van der Waals surface area contributed by atoms with Gasteiger partial charge in [-0.1, -0.05) is 26.7 Å². The molecule has 0 amide bonds. The molecular formula is C18H32N2O. The summed E-state index contributed by atoms with van der Waals surface area (Å²) in [6, 6.07) is 2.09. The van der Waals surface area contributed by atoms with E-state index in [9.17, 15) is 0 Å². The summed E-state index contributed by atoms with van der Waals surface area (Å²) in [6.07, 6.45) is 8.28. The molecule has 2 unspecified atom stereocenters. The molecule has 3 nitrogen and oxygen atoms in total. The molecule has 0 aromatic carbocycles. The van der Waals surface area contributed by atoms with E-state index in [2.05, 4.69) is 31.9 Å². The van der Waals surface area contributed by atoms with Crippen LogP contribution in [0.4, 0.5) is 0 Å². The van der Waals surface area contributed by atoms with E-state index in [-0.39, 0.29) is 5.54 Å². The molecule has 0 bridgehead atoms. The van der Waals surface area contributed by atoms with Gasteiger partial charge < -0.3 is 10.2 Å². The van der Waals surface area contributed by atoms with Gasteiger partial charge in [0.05, 0.1) is 6.26 Å². The van der Waals surface area contributed by atoms with E-state index in [0.29, 0.717) is 0 Å². The van der Waals surface area contributed by atoms with Crippen molar-refractivity contribution in [1.29, 1.82) is 0 Å². The first-order valence-corrected chi connectivity index (χ1v) is 8.41. The third kappa shape index (κ3) is 3.89. The molecule has 0 spiro atoms. The number of nitrogens with zero attached hydrogens (tertiary/aromatic N) is 1. The first kappa shape index (κ1) is 16.6. The Kier molecular flexibility index (Phi) is 5.50. The Morgan fingerprint density at radius 1 is 1.48 bits per heavy atom. The van der Waals surface area contributed by atoms with Gasteiger partial charge in [0.25, 0.3) is 0 Å². The molecule has 1 aliphatic rings. The van der Waals surface area contributed by atoms with Gasteiger partial charge >= 0.3 is 0 Å². The second kappa shape index (κ2) is 6.97. The van der Waals surface area contributed by atoms with Crippen LogP contribution in [0.3, 0.4) is 0 Å². The smallest absolute Gasteiger partial charge is 0.105 e. The highest BCUT2D eigenvalue weighted by molar-refractivity contribution is 5.16. The fraction of sp³-hybridized carbons (Fsp3) is 0.778. The Balaban J connectivity index is 2.07. The molecule has 0 aliphatic heterocycles. The maximum atomic E-state index is 6.23. The van der Waals surface area contributed by atoms with E-state index in [4.69, 9.17) is 10.2 Å². The molecule has 2 rings (SSSR count). The molecule has 3 heteroatoms. The van der Waals surface area contributed by atoms with E-state index in [1.54, 1.807) is 6.26 Å². The standard InChI is InChI=1S/C18H32N2O/c1-14(2)10-16-6-5-8-18(11-16,13-19)20(4)12-17-7-9-21-15(17)3/h7,9,14,16H,5-6,8,10-13,19H2,1-4H3. The fourth-order valence-corrected chi connectivity index (χ4v) is 4.02. The minimum Gasteiger partial charge on any atom is -0.469 e. The quantitative estimate of drug-likeness (QED) is 0.863. The predicted molar refractivity (Wildman–Crippen MR) is 88.1 cm³/mol. The van der Waals surface area contributed by atoms with Crippen LogP contribution in [0.15, 0.2) is 16.7 Å². The van der Waals surface area contributed by atoms with Crippen molar-refractivity contribution in [2.75, 3.05) is 13.6 Å². The molecule has 0 saturated heterocycles. The van der Waals surface area contributed by atoms with Crippen LogP contribution in [-0.4, -0.2) is 24.0 Å². The Hall–Kier alpha value is -0.800. The van der Waals surface area contributed by atoms with Gasteiger partial charge in [0.1, 0.15) is 5.76 Å². The second-order valence-corrected chi connectivity index (χ2v) is 7.38. The fourth-order valence-electron chi connectivity index (χ4n) is 4.02. The lowest BCUT2D eigenvalue weighted by Crippen LogP contribution is -2.54. The molecule has 1 fully saturated rings. The average Bonchev–Trinajstić information content (AvgIpc) is 2.83. The summed E-state index contributed by atoms with van der Waals surface area (Å²) in [6.45, 7) is 8.40. The van der Waals surface area contributed by atoms with Crippen LogP contribution in [0.5, 0.6) is 0 Å². The Labute approximate surface area is 129 Å². The minimum atomic E-state index is 0.168. The maximum Gasteiger partial charge on any atom is 0.105 e. The summed E-state index contributed by atoms with van der Waals surface area (Å²) in [5, 5.41) is 0. The van der Waals surface area contributed by atoms with Crippen molar-refractivity contribution >= 4 is 0 Å². The zero-order valence-corrected chi connectivity index (χ0v) is 14.2. The predicted octanol–water partition coefficient (Wildman–Crippen LogP) is 3.95. The van der Waals surface area contributed by atoms with E-state index >= 15 is 0 Å². The molecule has 1 aromatic rings. The number of hydrogen-bond donors (Lipinski definition) is 1. The minimum absolute atomic E-state index is 0.168. The zero-order chi connectivity index (χ0) is 15.5. The van der Waals surface area contributed by atoms with Crippen LogP contribution in [-0.2, 0) is 6.54 Å². The summed E-state index contributed by atoms with van der Waals surface area (Å²) in [5.41, 5.74) is 7.69. The van der Waals surface area contributed by atoms with Gasteiger partial charge in [0.15, 0.2) is 0 Å². The highest BCUT2D eigenvalue weighted by Gasteiger charge is 2.38. The highest BCUT2D eigenvalue weighted by atomic mass is 16.3. The summed E-state index contributed by atoms with van der Waals surface area (Å²) >= 11 is 0. The molecule has 0 radical (unpaired) electrons. The summed E-state index contributed by atoms with van der Waals surface area (Å²) in [4.78, 5) is 2.48. The molecular weight excluding hydrogens is 260 g/mol. The summed E-state index contributed by atoms with van der Waals surface area (Å²) in [5.74, 6) is 2.64. The van der Waals surface area contributed by atoms with Gasteiger partial charge in [0.2, 0.25) is 0 Å². The molecule has 1 saturated carbocycles. The van der Waals surface area contributed by atoms with Gasteiger partial charge in [-0.2, -0.15) is 0 Å². The lowest BCUT2D eigenvalue weighted by Gasteiger charge is -2.47. The molecule has 1 aromatic heterocycles. The Morgan fingerprint density at radius 2 is 2.24 bits per heavy atom. The molecule has 2 N–H and O–H groups in total. The number of likely N-dealkylation sites (N-methyl/N-ethyl adjacent to an activating group) is 1. The molecule has 1 heterocycles. The second-order valence-electron chi connectivity index (χ2n) is 7.38. The van der Waals surface area contributed by atoms with Crippen LogP contribution < -0.4 is 5.73 Å². The van der Waals surface area contributed by atoms with Crippen molar-refractivity contribution < 1.29 is 4.42 Å². The van der Waals surface area contributed by atoms with E-state index < -0.39 is 0 Å². The molecule has 120 valence electrons. The van der Waals surface area contributed by atoms with E-state index in [1.165, 1.54) is 37.7 Å². The average molecular weight is 292 g/mol. The monoisotopic (exact) mass is 292 g/mol. The lowest BCUT2D eigenvalue weighted by atomic mass is 9.72.